The second kappa shape index (κ2) is 6.86. The Morgan fingerprint density at radius 2 is 2.11 bits per heavy atom. The number of rotatable bonds is 3. The van der Waals surface area contributed by atoms with Crippen LogP contribution in [0, 0.1) is 0 Å². The minimum atomic E-state index is 0. The molecule has 0 spiro atoms. The van der Waals surface area contributed by atoms with Crippen LogP contribution in [0.1, 0.15) is 12.5 Å². The maximum atomic E-state index is 5.11. The summed E-state index contributed by atoms with van der Waals surface area (Å²) in [6.07, 6.45) is 0. The van der Waals surface area contributed by atoms with E-state index in [-0.39, 0.29) is 12.4 Å². The third kappa shape index (κ3) is 3.63. The molecule has 1 aromatic carbocycles. The molecule has 0 saturated carbocycles. The van der Waals surface area contributed by atoms with Crippen LogP contribution in [0.3, 0.4) is 0 Å². The number of benzene rings is 1. The smallest absolute Gasteiger partial charge is 0.212 e. The Morgan fingerprint density at radius 1 is 1.39 bits per heavy atom. The number of hydrogen-bond acceptors (Lipinski definition) is 5. The predicted octanol–water partition coefficient (Wildman–Crippen LogP) is 1.39. The number of hydrazone groups is 1. The minimum Gasteiger partial charge on any atom is -0.497 e. The van der Waals surface area contributed by atoms with Crippen molar-refractivity contribution in [1.82, 2.24) is 10.7 Å². The second-order valence-electron chi connectivity index (χ2n) is 3.69. The summed E-state index contributed by atoms with van der Waals surface area (Å²) in [4.78, 5) is 4.20. The Morgan fingerprint density at radius 3 is 2.67 bits per heavy atom. The summed E-state index contributed by atoms with van der Waals surface area (Å²) in [5, 5.41) is 7.36. The summed E-state index contributed by atoms with van der Waals surface area (Å²) in [6, 6.07) is 7.78. The van der Waals surface area contributed by atoms with Gasteiger partial charge in [-0.15, -0.1) is 12.4 Å². The molecule has 0 unspecified atom stereocenters. The number of aliphatic imine (C=N–C) groups is 1. The molecular weight excluding hydrogens is 252 g/mol. The number of halogens is 1. The molecule has 1 aromatic rings. The first-order valence-corrected chi connectivity index (χ1v) is 5.52. The largest absolute Gasteiger partial charge is 0.497 e. The Hall–Kier alpha value is -1.75. The van der Waals surface area contributed by atoms with Gasteiger partial charge in [0.1, 0.15) is 5.75 Å². The van der Waals surface area contributed by atoms with E-state index in [4.69, 9.17) is 4.74 Å². The van der Waals surface area contributed by atoms with Crippen molar-refractivity contribution in [2.75, 3.05) is 20.2 Å². The molecule has 0 saturated heterocycles. The minimum absolute atomic E-state index is 0. The van der Waals surface area contributed by atoms with Crippen LogP contribution in [0.25, 0.3) is 0 Å². The fourth-order valence-corrected chi connectivity index (χ4v) is 1.51. The van der Waals surface area contributed by atoms with Gasteiger partial charge >= 0.3 is 0 Å². The van der Waals surface area contributed by atoms with Crippen LogP contribution in [0.4, 0.5) is 0 Å². The Labute approximate surface area is 113 Å². The third-order valence-corrected chi connectivity index (χ3v) is 2.51. The first kappa shape index (κ1) is 14.3. The summed E-state index contributed by atoms with van der Waals surface area (Å²) in [6.45, 7) is 3.63. The van der Waals surface area contributed by atoms with E-state index in [1.54, 1.807) is 7.11 Å². The summed E-state index contributed by atoms with van der Waals surface area (Å²) < 4.78 is 5.11. The van der Waals surface area contributed by atoms with Crippen molar-refractivity contribution in [2.24, 2.45) is 10.1 Å². The van der Waals surface area contributed by atoms with E-state index >= 15 is 0 Å². The molecule has 2 N–H and O–H groups in total. The van der Waals surface area contributed by atoms with Crippen LogP contribution in [0.15, 0.2) is 34.4 Å². The number of ether oxygens (including phenoxy) is 1. The highest BCUT2D eigenvalue weighted by molar-refractivity contribution is 5.99. The molecule has 5 nitrogen and oxygen atoms in total. The van der Waals surface area contributed by atoms with Crippen molar-refractivity contribution in [3.8, 4) is 5.75 Å². The number of nitrogens with one attached hydrogen (secondary N) is 2. The molecule has 0 fully saturated rings. The zero-order valence-electron chi connectivity index (χ0n) is 10.4. The van der Waals surface area contributed by atoms with Gasteiger partial charge in [-0.3, -0.25) is 0 Å². The normalized spacial score (nSPS) is 14.3. The SMILES string of the molecule is COc1ccc(C(C)=NNC2=NCCN2)cc1.Cl. The molecule has 0 amide bonds. The number of guanidine groups is 1. The summed E-state index contributed by atoms with van der Waals surface area (Å²) in [5.74, 6) is 1.58. The molecule has 1 aliphatic rings. The maximum Gasteiger partial charge on any atom is 0.212 e. The molecule has 18 heavy (non-hydrogen) atoms. The first-order valence-electron chi connectivity index (χ1n) is 5.52. The van der Waals surface area contributed by atoms with Crippen LogP contribution >= 0.6 is 12.4 Å². The molecule has 1 aliphatic heterocycles. The molecule has 2 rings (SSSR count). The molecular formula is C12H17ClN4O. The monoisotopic (exact) mass is 268 g/mol. The second-order valence-corrected chi connectivity index (χ2v) is 3.69. The zero-order valence-corrected chi connectivity index (χ0v) is 11.3. The molecule has 0 aliphatic carbocycles. The van der Waals surface area contributed by atoms with Gasteiger partial charge in [-0.05, 0) is 36.8 Å². The first-order chi connectivity index (χ1) is 8.29. The van der Waals surface area contributed by atoms with Gasteiger partial charge < -0.3 is 10.1 Å². The van der Waals surface area contributed by atoms with Crippen molar-refractivity contribution >= 4 is 24.1 Å². The molecule has 1 heterocycles. The Bertz CT molecular complexity index is 442. The lowest BCUT2D eigenvalue weighted by atomic mass is 10.1. The van der Waals surface area contributed by atoms with Gasteiger partial charge in [0, 0.05) is 6.54 Å². The fraction of sp³-hybridized carbons (Fsp3) is 0.333. The van der Waals surface area contributed by atoms with Crippen molar-refractivity contribution < 1.29 is 4.74 Å². The van der Waals surface area contributed by atoms with Gasteiger partial charge in [0.2, 0.25) is 5.96 Å². The van der Waals surface area contributed by atoms with Crippen molar-refractivity contribution in [3.05, 3.63) is 29.8 Å². The predicted molar refractivity (Wildman–Crippen MR) is 75.9 cm³/mol. The van der Waals surface area contributed by atoms with Gasteiger partial charge in [-0.1, -0.05) is 0 Å². The van der Waals surface area contributed by atoms with Crippen LogP contribution < -0.4 is 15.5 Å². The van der Waals surface area contributed by atoms with Crippen molar-refractivity contribution in [1.29, 1.82) is 0 Å². The number of methoxy groups -OCH3 is 1. The molecule has 0 bridgehead atoms. The van der Waals surface area contributed by atoms with Gasteiger partial charge in [-0.2, -0.15) is 5.10 Å². The molecule has 0 aromatic heterocycles. The topological polar surface area (TPSA) is 58.0 Å². The van der Waals surface area contributed by atoms with Gasteiger partial charge in [-0.25, -0.2) is 10.4 Å². The Kier molecular flexibility index (Phi) is 5.45. The van der Waals surface area contributed by atoms with Crippen LogP contribution in [0.2, 0.25) is 0 Å². The third-order valence-electron chi connectivity index (χ3n) is 2.51. The summed E-state index contributed by atoms with van der Waals surface area (Å²) in [5.41, 5.74) is 4.86. The fourth-order valence-electron chi connectivity index (χ4n) is 1.51. The van der Waals surface area contributed by atoms with E-state index < -0.39 is 0 Å². The van der Waals surface area contributed by atoms with Crippen LogP contribution in [-0.2, 0) is 0 Å². The quantitative estimate of drug-likeness (QED) is 0.643. The molecule has 98 valence electrons. The lowest BCUT2D eigenvalue weighted by Crippen LogP contribution is -2.30. The van der Waals surface area contributed by atoms with E-state index in [0.29, 0.717) is 0 Å². The maximum absolute atomic E-state index is 5.11. The highest BCUT2D eigenvalue weighted by Crippen LogP contribution is 2.11. The standard InChI is InChI=1S/C12H16N4O.ClH/c1-9(15-16-12-13-7-8-14-12)10-3-5-11(17-2)6-4-10;/h3-6H,7-8H2,1-2H3,(H2,13,14,16);1H. The molecule has 6 heteroatoms. The summed E-state index contributed by atoms with van der Waals surface area (Å²) >= 11 is 0. The van der Waals surface area contributed by atoms with E-state index in [1.165, 1.54) is 0 Å². The van der Waals surface area contributed by atoms with Crippen molar-refractivity contribution in [3.63, 3.8) is 0 Å². The van der Waals surface area contributed by atoms with Gasteiger partial charge in [0.05, 0.1) is 19.4 Å². The van der Waals surface area contributed by atoms with E-state index in [2.05, 4.69) is 20.8 Å². The van der Waals surface area contributed by atoms with Crippen LogP contribution in [-0.4, -0.2) is 31.9 Å². The zero-order chi connectivity index (χ0) is 12.1. The van der Waals surface area contributed by atoms with E-state index in [1.807, 2.05) is 31.2 Å². The van der Waals surface area contributed by atoms with Crippen LogP contribution in [0.5, 0.6) is 5.75 Å². The van der Waals surface area contributed by atoms with E-state index in [9.17, 15) is 0 Å². The lowest BCUT2D eigenvalue weighted by molar-refractivity contribution is 0.415. The van der Waals surface area contributed by atoms with E-state index in [0.717, 1.165) is 36.1 Å². The average Bonchev–Trinajstić information content (AvgIpc) is 2.89. The summed E-state index contributed by atoms with van der Waals surface area (Å²) in [7, 11) is 1.65. The van der Waals surface area contributed by atoms with Gasteiger partial charge in [0.25, 0.3) is 0 Å². The number of hydrogen-bond donors (Lipinski definition) is 2. The number of nitrogens with zero attached hydrogens (tertiary/aromatic N) is 2. The highest BCUT2D eigenvalue weighted by atomic mass is 35.5. The average molecular weight is 269 g/mol. The van der Waals surface area contributed by atoms with Crippen molar-refractivity contribution in [2.45, 2.75) is 6.92 Å². The lowest BCUT2D eigenvalue weighted by Gasteiger charge is -2.04. The Balaban J connectivity index is 0.00000162. The molecule has 0 atom stereocenters. The molecule has 0 radical (unpaired) electrons. The highest BCUT2D eigenvalue weighted by Gasteiger charge is 2.03. The van der Waals surface area contributed by atoms with Gasteiger partial charge in [0.15, 0.2) is 0 Å².